The van der Waals surface area contributed by atoms with Crippen molar-refractivity contribution in [3.8, 4) is 11.5 Å². The van der Waals surface area contributed by atoms with Crippen molar-refractivity contribution < 1.29 is 19.3 Å². The van der Waals surface area contributed by atoms with E-state index in [-0.39, 0.29) is 5.41 Å². The number of hydrogen-bond donors (Lipinski definition) is 1. The number of benzene rings is 1. The predicted octanol–water partition coefficient (Wildman–Crippen LogP) is 2.22. The lowest BCUT2D eigenvalue weighted by molar-refractivity contribution is -0.0636. The molecule has 23 heavy (non-hydrogen) atoms. The van der Waals surface area contributed by atoms with Crippen LogP contribution in [0.3, 0.4) is 0 Å². The fourth-order valence-corrected chi connectivity index (χ4v) is 5.08. The van der Waals surface area contributed by atoms with Crippen LogP contribution in [0.4, 0.5) is 0 Å². The summed E-state index contributed by atoms with van der Waals surface area (Å²) in [5.41, 5.74) is 2.34. The average molecular weight is 319 g/mol. The number of rotatable bonds is 3. The first-order chi connectivity index (χ1) is 11.1. The normalized spacial score (nSPS) is 37.9. The molecule has 1 saturated carbocycles. The summed E-state index contributed by atoms with van der Waals surface area (Å²) in [7, 11) is 5.10. The SMILES string of the molecule is COc1cc2c(cc1OC)[C@@]13CC[C@H](OC)C[C@@H]1N(CC3)C2O. The lowest BCUT2D eigenvalue weighted by Crippen LogP contribution is -2.53. The number of aliphatic hydroxyl groups excluding tert-OH is 1. The molecule has 2 aliphatic heterocycles. The zero-order valence-corrected chi connectivity index (χ0v) is 14.0. The van der Waals surface area contributed by atoms with Crippen LogP contribution in [-0.4, -0.2) is 50.0 Å². The van der Waals surface area contributed by atoms with Gasteiger partial charge in [-0.15, -0.1) is 0 Å². The van der Waals surface area contributed by atoms with Crippen LogP contribution in [0.25, 0.3) is 0 Å². The van der Waals surface area contributed by atoms with Crippen molar-refractivity contribution in [2.24, 2.45) is 0 Å². The van der Waals surface area contributed by atoms with Gasteiger partial charge in [-0.2, -0.15) is 0 Å². The van der Waals surface area contributed by atoms with E-state index in [2.05, 4.69) is 11.0 Å². The molecule has 0 aromatic heterocycles. The van der Waals surface area contributed by atoms with Gasteiger partial charge in [0.1, 0.15) is 6.23 Å². The summed E-state index contributed by atoms with van der Waals surface area (Å²) in [5, 5.41) is 10.9. The molecule has 1 saturated heterocycles. The topological polar surface area (TPSA) is 51.2 Å². The number of fused-ring (bicyclic) bond motifs is 1. The summed E-state index contributed by atoms with van der Waals surface area (Å²) >= 11 is 0. The van der Waals surface area contributed by atoms with Crippen molar-refractivity contribution >= 4 is 0 Å². The van der Waals surface area contributed by atoms with E-state index in [1.807, 2.05) is 6.07 Å². The fourth-order valence-electron chi connectivity index (χ4n) is 5.08. The maximum Gasteiger partial charge on any atom is 0.161 e. The molecule has 1 aliphatic carbocycles. The second-order valence-electron chi connectivity index (χ2n) is 6.96. The van der Waals surface area contributed by atoms with Crippen LogP contribution >= 0.6 is 0 Å². The van der Waals surface area contributed by atoms with Gasteiger partial charge >= 0.3 is 0 Å². The highest BCUT2D eigenvalue weighted by Crippen LogP contribution is 2.57. The van der Waals surface area contributed by atoms with Crippen molar-refractivity contribution in [3.05, 3.63) is 23.3 Å². The molecule has 126 valence electrons. The molecule has 5 nitrogen and oxygen atoms in total. The highest BCUT2D eigenvalue weighted by Gasteiger charge is 2.57. The molecule has 2 fully saturated rings. The van der Waals surface area contributed by atoms with E-state index < -0.39 is 6.23 Å². The standard InChI is InChI=1S/C18H25NO4/c1-21-11-4-5-18-6-7-19(16(18)8-11)17(20)12-9-14(22-2)15(23-3)10-13(12)18/h9-11,16-17,20H,4-8H2,1-3H3/t11-,16-,17?,18-/m0/s1. The zero-order valence-electron chi connectivity index (χ0n) is 14.0. The van der Waals surface area contributed by atoms with E-state index >= 15 is 0 Å². The largest absolute Gasteiger partial charge is 0.493 e. The van der Waals surface area contributed by atoms with E-state index in [0.717, 1.165) is 43.5 Å². The molecule has 3 aliphatic rings. The third-order valence-electron chi connectivity index (χ3n) is 6.27. The minimum atomic E-state index is -0.568. The quantitative estimate of drug-likeness (QED) is 0.926. The van der Waals surface area contributed by atoms with Crippen molar-refractivity contribution in [3.63, 3.8) is 0 Å². The monoisotopic (exact) mass is 319 g/mol. The maximum atomic E-state index is 10.9. The second-order valence-corrected chi connectivity index (χ2v) is 6.96. The summed E-state index contributed by atoms with van der Waals surface area (Å²) in [6, 6.07) is 4.40. The Morgan fingerprint density at radius 3 is 2.57 bits per heavy atom. The summed E-state index contributed by atoms with van der Waals surface area (Å²) < 4.78 is 16.6. The van der Waals surface area contributed by atoms with Crippen LogP contribution in [0.2, 0.25) is 0 Å². The molecule has 5 atom stereocenters. The lowest BCUT2D eigenvalue weighted by Gasteiger charge is -2.50. The Balaban J connectivity index is 1.85. The van der Waals surface area contributed by atoms with Gasteiger partial charge in [-0.1, -0.05) is 0 Å². The molecule has 2 bridgehead atoms. The van der Waals surface area contributed by atoms with Crippen molar-refractivity contribution in [2.45, 2.75) is 49.5 Å². The predicted molar refractivity (Wildman–Crippen MR) is 85.9 cm³/mol. The molecule has 2 heterocycles. The van der Waals surface area contributed by atoms with Gasteiger partial charge in [0.2, 0.25) is 0 Å². The summed E-state index contributed by atoms with van der Waals surface area (Å²) in [6.07, 6.45) is 3.98. The minimum Gasteiger partial charge on any atom is -0.493 e. The van der Waals surface area contributed by atoms with Crippen molar-refractivity contribution in [1.82, 2.24) is 4.90 Å². The molecule has 1 aromatic rings. The summed E-state index contributed by atoms with van der Waals surface area (Å²) in [5.74, 6) is 1.44. The molecule has 0 spiro atoms. The van der Waals surface area contributed by atoms with E-state index in [9.17, 15) is 5.11 Å². The Morgan fingerprint density at radius 2 is 1.87 bits per heavy atom. The molecular weight excluding hydrogens is 294 g/mol. The number of ether oxygens (including phenoxy) is 3. The first-order valence-corrected chi connectivity index (χ1v) is 8.37. The Hall–Kier alpha value is -1.30. The highest BCUT2D eigenvalue weighted by molar-refractivity contribution is 5.53. The zero-order chi connectivity index (χ0) is 16.2. The van der Waals surface area contributed by atoms with Crippen LogP contribution in [0.1, 0.15) is 43.0 Å². The van der Waals surface area contributed by atoms with Crippen LogP contribution in [-0.2, 0) is 10.2 Å². The van der Waals surface area contributed by atoms with E-state index in [1.165, 1.54) is 5.56 Å². The molecular formula is C18H25NO4. The molecule has 5 heteroatoms. The molecule has 1 aromatic carbocycles. The first-order valence-electron chi connectivity index (χ1n) is 8.37. The number of hydrogen-bond acceptors (Lipinski definition) is 5. The van der Waals surface area contributed by atoms with Gasteiger partial charge in [-0.25, -0.2) is 0 Å². The molecule has 0 amide bonds. The number of aliphatic hydroxyl groups is 1. The smallest absolute Gasteiger partial charge is 0.161 e. The average Bonchev–Trinajstić information content (AvgIpc) is 2.94. The van der Waals surface area contributed by atoms with E-state index in [1.54, 1.807) is 21.3 Å². The Labute approximate surface area is 137 Å². The maximum absolute atomic E-state index is 10.9. The minimum absolute atomic E-state index is 0.114. The van der Waals surface area contributed by atoms with Crippen LogP contribution < -0.4 is 9.47 Å². The van der Waals surface area contributed by atoms with Crippen molar-refractivity contribution in [2.75, 3.05) is 27.9 Å². The van der Waals surface area contributed by atoms with E-state index in [0.29, 0.717) is 17.9 Å². The third kappa shape index (κ3) is 1.96. The van der Waals surface area contributed by atoms with Gasteiger partial charge in [0.05, 0.1) is 20.3 Å². The Kier molecular flexibility index (Phi) is 3.55. The molecule has 1 N–H and O–H groups in total. The number of methoxy groups -OCH3 is 3. The number of nitrogens with zero attached hydrogens (tertiary/aromatic N) is 1. The second kappa shape index (κ2) is 5.36. The molecule has 2 unspecified atom stereocenters. The van der Waals surface area contributed by atoms with Gasteiger partial charge in [-0.05, 0) is 43.4 Å². The summed E-state index contributed by atoms with van der Waals surface area (Å²) in [4.78, 5) is 2.25. The highest BCUT2D eigenvalue weighted by atomic mass is 16.5. The third-order valence-corrected chi connectivity index (χ3v) is 6.27. The van der Waals surface area contributed by atoms with Crippen LogP contribution in [0.5, 0.6) is 11.5 Å². The van der Waals surface area contributed by atoms with Crippen LogP contribution in [0.15, 0.2) is 12.1 Å². The Morgan fingerprint density at radius 1 is 1.13 bits per heavy atom. The Bertz CT molecular complexity index is 619. The van der Waals surface area contributed by atoms with Crippen LogP contribution in [0, 0.1) is 0 Å². The van der Waals surface area contributed by atoms with E-state index in [4.69, 9.17) is 14.2 Å². The van der Waals surface area contributed by atoms with Gasteiger partial charge in [-0.3, -0.25) is 4.90 Å². The molecule has 0 radical (unpaired) electrons. The fraction of sp³-hybridized carbons (Fsp3) is 0.667. The summed E-state index contributed by atoms with van der Waals surface area (Å²) in [6.45, 7) is 0.932. The lowest BCUT2D eigenvalue weighted by atomic mass is 9.63. The van der Waals surface area contributed by atoms with Gasteiger partial charge < -0.3 is 19.3 Å². The van der Waals surface area contributed by atoms with Gasteiger partial charge in [0.15, 0.2) is 11.5 Å². The molecule has 4 rings (SSSR count). The van der Waals surface area contributed by atoms with Gasteiger partial charge in [0, 0.05) is 30.7 Å². The van der Waals surface area contributed by atoms with Crippen molar-refractivity contribution in [1.29, 1.82) is 0 Å². The first kappa shape index (κ1) is 15.2. The van der Waals surface area contributed by atoms with Gasteiger partial charge in [0.25, 0.3) is 0 Å².